The van der Waals surface area contributed by atoms with Gasteiger partial charge in [-0.2, -0.15) is 0 Å². The molecule has 204 valence electrons. The summed E-state index contributed by atoms with van der Waals surface area (Å²) in [7, 11) is 0. The molecule has 0 aliphatic heterocycles. The number of nitrogens with zero attached hydrogens (tertiary/aromatic N) is 1. The third-order valence-electron chi connectivity index (χ3n) is 12.8. The van der Waals surface area contributed by atoms with Crippen molar-refractivity contribution in [3.05, 3.63) is 38.6 Å². The lowest BCUT2D eigenvalue weighted by atomic mass is 9.22. The SMILES string of the molecule is C=c1c(N=O)c(O)cc2c1=CC=C1C2(C)CCC23CCC24CC(C)(C(=O)OC(C)C)CCC4(C)CCC13C. The molecular formula is C33H43NO4. The second-order valence-electron chi connectivity index (χ2n) is 14.6. The predicted octanol–water partition coefficient (Wildman–Crippen LogP) is 6.69. The van der Waals surface area contributed by atoms with E-state index in [1.807, 2.05) is 13.8 Å². The first kappa shape index (κ1) is 25.8. The summed E-state index contributed by atoms with van der Waals surface area (Å²) in [4.78, 5) is 24.9. The van der Waals surface area contributed by atoms with E-state index in [9.17, 15) is 14.8 Å². The van der Waals surface area contributed by atoms with Crippen LogP contribution < -0.4 is 10.4 Å². The van der Waals surface area contributed by atoms with Crippen molar-refractivity contribution in [2.45, 2.75) is 111 Å². The molecule has 2 spiro atoms. The molecule has 0 aromatic heterocycles. The van der Waals surface area contributed by atoms with Gasteiger partial charge in [-0.3, -0.25) is 4.79 Å². The van der Waals surface area contributed by atoms with Crippen LogP contribution in [0.25, 0.3) is 12.7 Å². The Morgan fingerprint density at radius 2 is 1.63 bits per heavy atom. The molecule has 6 atom stereocenters. The topological polar surface area (TPSA) is 76.0 Å². The number of hydrogen-bond acceptors (Lipinski definition) is 5. The maximum atomic E-state index is 13.5. The van der Waals surface area contributed by atoms with Gasteiger partial charge in [0.25, 0.3) is 0 Å². The first-order valence-electron chi connectivity index (χ1n) is 14.6. The summed E-state index contributed by atoms with van der Waals surface area (Å²) < 4.78 is 5.84. The normalized spacial score (nSPS) is 42.7. The Kier molecular flexibility index (Phi) is 5.17. The fourth-order valence-electron chi connectivity index (χ4n) is 10.6. The Hall–Kier alpha value is -2.43. The van der Waals surface area contributed by atoms with Gasteiger partial charge in [-0.15, -0.1) is 4.91 Å². The van der Waals surface area contributed by atoms with E-state index in [-0.39, 0.29) is 50.6 Å². The van der Waals surface area contributed by atoms with Gasteiger partial charge in [-0.05, 0) is 122 Å². The van der Waals surface area contributed by atoms with Gasteiger partial charge in [0.05, 0.1) is 11.5 Å². The molecule has 1 N–H and O–H groups in total. The summed E-state index contributed by atoms with van der Waals surface area (Å²) in [6, 6.07) is 1.77. The molecule has 1 aromatic carbocycles. The highest BCUT2D eigenvalue weighted by Gasteiger charge is 2.78. The number of benzene rings is 1. The van der Waals surface area contributed by atoms with Crippen LogP contribution in [-0.2, 0) is 14.9 Å². The van der Waals surface area contributed by atoms with Gasteiger partial charge in [-0.1, -0.05) is 45.1 Å². The van der Waals surface area contributed by atoms with Crippen LogP contribution in [0.2, 0.25) is 0 Å². The fraction of sp³-hybridized carbons (Fsp3) is 0.667. The van der Waals surface area contributed by atoms with E-state index in [0.29, 0.717) is 5.22 Å². The van der Waals surface area contributed by atoms with Crippen molar-refractivity contribution < 1.29 is 14.6 Å². The molecule has 1 aromatic rings. The summed E-state index contributed by atoms with van der Waals surface area (Å²) in [5.74, 6) is -0.0933. The molecule has 4 saturated carbocycles. The zero-order valence-electron chi connectivity index (χ0n) is 24.0. The van der Waals surface area contributed by atoms with Crippen LogP contribution >= 0.6 is 0 Å². The van der Waals surface area contributed by atoms with Gasteiger partial charge in [0.1, 0.15) is 5.75 Å². The molecule has 5 heteroatoms. The van der Waals surface area contributed by atoms with Gasteiger partial charge in [0.15, 0.2) is 5.69 Å². The van der Waals surface area contributed by atoms with Gasteiger partial charge in [0, 0.05) is 10.6 Å². The number of phenols is 1. The van der Waals surface area contributed by atoms with Gasteiger partial charge in [0.2, 0.25) is 0 Å². The monoisotopic (exact) mass is 517 g/mol. The van der Waals surface area contributed by atoms with E-state index < -0.39 is 5.41 Å². The summed E-state index contributed by atoms with van der Waals surface area (Å²) >= 11 is 0. The van der Waals surface area contributed by atoms with Crippen molar-refractivity contribution in [3.63, 3.8) is 0 Å². The van der Waals surface area contributed by atoms with Crippen molar-refractivity contribution in [1.82, 2.24) is 0 Å². The summed E-state index contributed by atoms with van der Waals surface area (Å²) in [5, 5.41) is 15.2. The number of carbonyl (C=O) groups is 1. The minimum Gasteiger partial charge on any atom is -0.506 e. The van der Waals surface area contributed by atoms with Crippen LogP contribution in [0.15, 0.2) is 22.9 Å². The minimum absolute atomic E-state index is 0.00924. The standard InChI is InChI=1S/C33H43NO4/c1-20(2)38-27(36)28(4)10-11-29(5)12-14-31(7)25-9-8-22-21(3)26(34-37)24(35)18-23(22)30(25,6)13-15-32(31)16-17-33(29,32)19-28/h8-9,18,20,35H,3,10-17,19H2,1-2,4-7H3. The van der Waals surface area contributed by atoms with Gasteiger partial charge in [-0.25, -0.2) is 0 Å². The van der Waals surface area contributed by atoms with E-state index in [4.69, 9.17) is 4.74 Å². The van der Waals surface area contributed by atoms with Crippen molar-refractivity contribution in [3.8, 4) is 5.75 Å². The summed E-state index contributed by atoms with van der Waals surface area (Å²) in [6.45, 7) is 17.5. The van der Waals surface area contributed by atoms with Crippen LogP contribution in [0.4, 0.5) is 5.69 Å². The molecule has 6 rings (SSSR count). The minimum atomic E-state index is -0.442. The maximum Gasteiger partial charge on any atom is 0.312 e. The second-order valence-corrected chi connectivity index (χ2v) is 14.6. The smallest absolute Gasteiger partial charge is 0.312 e. The van der Waals surface area contributed by atoms with Crippen LogP contribution in [0.3, 0.4) is 0 Å². The number of allylic oxidation sites excluding steroid dienone is 2. The number of nitroso groups, excluding NO2 is 1. The lowest BCUT2D eigenvalue weighted by Gasteiger charge is -2.81. The molecule has 0 saturated heterocycles. The Morgan fingerprint density at radius 3 is 2.26 bits per heavy atom. The van der Waals surface area contributed by atoms with Crippen LogP contribution in [0.5, 0.6) is 5.75 Å². The molecule has 0 radical (unpaired) electrons. The molecule has 6 unspecified atom stereocenters. The lowest BCUT2D eigenvalue weighted by molar-refractivity contribution is -0.300. The number of fused-ring (bicyclic) bond motifs is 4. The Morgan fingerprint density at radius 1 is 0.974 bits per heavy atom. The first-order valence-corrected chi connectivity index (χ1v) is 14.6. The quantitative estimate of drug-likeness (QED) is 0.358. The number of esters is 1. The zero-order valence-corrected chi connectivity index (χ0v) is 24.0. The summed E-state index contributed by atoms with van der Waals surface area (Å²) in [6.07, 6.45) is 14.0. The maximum absolute atomic E-state index is 13.5. The highest BCUT2D eigenvalue weighted by atomic mass is 16.5. The molecule has 0 amide bonds. The number of carbonyl (C=O) groups excluding carboxylic acids is 1. The highest BCUT2D eigenvalue weighted by Crippen LogP contribution is 2.86. The van der Waals surface area contributed by atoms with Crippen molar-refractivity contribution in [2.24, 2.45) is 32.3 Å². The van der Waals surface area contributed by atoms with Crippen molar-refractivity contribution in [2.75, 3.05) is 0 Å². The molecular weight excluding hydrogens is 474 g/mol. The molecule has 5 aliphatic rings. The van der Waals surface area contributed by atoms with Gasteiger partial charge < -0.3 is 9.84 Å². The molecule has 5 aliphatic carbocycles. The molecule has 38 heavy (non-hydrogen) atoms. The number of rotatable bonds is 3. The van der Waals surface area contributed by atoms with E-state index >= 15 is 0 Å². The molecule has 5 nitrogen and oxygen atoms in total. The number of phenolic OH excluding ortho intramolecular Hbond substituents is 1. The number of hydrogen-bond donors (Lipinski definition) is 1. The second kappa shape index (κ2) is 7.61. The third kappa shape index (κ3) is 2.76. The third-order valence-corrected chi connectivity index (χ3v) is 12.8. The average Bonchev–Trinajstić information content (AvgIpc) is 2.83. The lowest BCUT2D eigenvalue weighted by Crippen LogP contribution is -2.74. The Balaban J connectivity index is 1.49. The molecule has 0 bridgehead atoms. The molecule has 4 fully saturated rings. The number of aromatic hydroxyl groups is 1. The van der Waals surface area contributed by atoms with Crippen molar-refractivity contribution >= 4 is 24.3 Å². The summed E-state index contributed by atoms with van der Waals surface area (Å²) in [5.41, 5.74) is 2.36. The van der Waals surface area contributed by atoms with Crippen LogP contribution in [0, 0.1) is 32.0 Å². The van der Waals surface area contributed by atoms with Crippen LogP contribution in [-0.4, -0.2) is 17.2 Å². The van der Waals surface area contributed by atoms with Gasteiger partial charge >= 0.3 is 5.97 Å². The first-order chi connectivity index (χ1) is 17.7. The fourth-order valence-corrected chi connectivity index (χ4v) is 10.6. The van der Waals surface area contributed by atoms with E-state index in [0.717, 1.165) is 49.3 Å². The Labute approximate surface area is 226 Å². The predicted molar refractivity (Wildman–Crippen MR) is 150 cm³/mol. The molecule has 0 heterocycles. The van der Waals surface area contributed by atoms with E-state index in [1.165, 1.54) is 24.8 Å². The average molecular weight is 518 g/mol. The highest BCUT2D eigenvalue weighted by molar-refractivity contribution is 5.77. The number of ether oxygens (including phenoxy) is 1. The Bertz CT molecular complexity index is 1410. The van der Waals surface area contributed by atoms with Crippen LogP contribution in [0.1, 0.15) is 105 Å². The zero-order chi connectivity index (χ0) is 27.5. The largest absolute Gasteiger partial charge is 0.506 e. The van der Waals surface area contributed by atoms with E-state index in [1.54, 1.807) is 6.07 Å². The van der Waals surface area contributed by atoms with E-state index in [2.05, 4.69) is 51.6 Å². The van der Waals surface area contributed by atoms with Crippen molar-refractivity contribution in [1.29, 1.82) is 0 Å².